The Morgan fingerprint density at radius 1 is 1.47 bits per heavy atom. The van der Waals surface area contributed by atoms with Crippen molar-refractivity contribution in [2.75, 3.05) is 0 Å². The quantitative estimate of drug-likeness (QED) is 0.700. The summed E-state index contributed by atoms with van der Waals surface area (Å²) in [7, 11) is 0. The summed E-state index contributed by atoms with van der Waals surface area (Å²) in [6, 6.07) is 0. The minimum absolute atomic E-state index is 0.624. The molecule has 0 rings (SSSR count). The first-order chi connectivity index (χ1) is 7.06. The molecule has 0 unspecified atom stereocenters. The van der Waals surface area contributed by atoms with Crippen LogP contribution in [0.25, 0.3) is 0 Å². The van der Waals surface area contributed by atoms with Gasteiger partial charge in [0, 0.05) is 10.7 Å². The molecule has 2 heteroatoms. The van der Waals surface area contributed by atoms with Gasteiger partial charge in [-0.1, -0.05) is 43.8 Å². The van der Waals surface area contributed by atoms with Crippen molar-refractivity contribution in [3.63, 3.8) is 0 Å². The first kappa shape index (κ1) is 13.8. The van der Waals surface area contributed by atoms with Crippen molar-refractivity contribution < 1.29 is 0 Å². The van der Waals surface area contributed by atoms with Gasteiger partial charge in [-0.2, -0.15) is 0 Å². The van der Waals surface area contributed by atoms with Crippen molar-refractivity contribution in [1.82, 2.24) is 0 Å². The Bertz CT molecular complexity index is 332. The normalized spacial score (nSPS) is 13.9. The van der Waals surface area contributed by atoms with E-state index in [1.54, 1.807) is 12.2 Å². The van der Waals surface area contributed by atoms with Crippen molar-refractivity contribution in [2.45, 2.75) is 20.3 Å². The van der Waals surface area contributed by atoms with E-state index in [1.807, 2.05) is 26.0 Å². The first-order valence-corrected chi connectivity index (χ1v) is 5.24. The predicted octanol–water partition coefficient (Wildman–Crippen LogP) is 4.05. The Morgan fingerprint density at radius 2 is 2.07 bits per heavy atom. The van der Waals surface area contributed by atoms with Crippen LogP contribution in [0.2, 0.25) is 0 Å². The zero-order valence-electron chi connectivity index (χ0n) is 9.39. The van der Waals surface area contributed by atoms with E-state index in [9.17, 15) is 0 Å². The summed E-state index contributed by atoms with van der Waals surface area (Å²) in [5, 5.41) is 0.694. The number of hydrogen-bond acceptors (Lipinski definition) is 1. The van der Waals surface area contributed by atoms with Crippen molar-refractivity contribution in [3.05, 3.63) is 59.3 Å². The van der Waals surface area contributed by atoms with E-state index in [1.165, 1.54) is 0 Å². The number of rotatable bonds is 5. The molecule has 15 heavy (non-hydrogen) atoms. The summed E-state index contributed by atoms with van der Waals surface area (Å²) >= 11 is 5.93. The molecule has 0 aliphatic rings. The molecule has 0 radical (unpaired) electrons. The molecule has 0 aromatic carbocycles. The molecular formula is C13H18ClN. The Labute approximate surface area is 97.3 Å². The summed E-state index contributed by atoms with van der Waals surface area (Å²) in [5.74, 6) is 0. The monoisotopic (exact) mass is 223 g/mol. The maximum atomic E-state index is 5.93. The number of hydrogen-bond donors (Lipinski definition) is 1. The molecule has 82 valence electrons. The highest BCUT2D eigenvalue weighted by Crippen LogP contribution is 2.20. The second-order valence-corrected chi connectivity index (χ2v) is 3.47. The molecule has 0 heterocycles. The van der Waals surface area contributed by atoms with E-state index in [4.69, 9.17) is 17.3 Å². The van der Waals surface area contributed by atoms with Gasteiger partial charge in [0.05, 0.1) is 0 Å². The third-order valence-corrected chi connectivity index (χ3v) is 2.33. The molecule has 0 aromatic heterocycles. The highest BCUT2D eigenvalue weighted by atomic mass is 35.5. The van der Waals surface area contributed by atoms with E-state index in [0.717, 1.165) is 17.6 Å². The molecule has 0 saturated carbocycles. The highest BCUT2D eigenvalue weighted by molar-refractivity contribution is 6.31. The predicted molar refractivity (Wildman–Crippen MR) is 69.6 cm³/mol. The van der Waals surface area contributed by atoms with Crippen molar-refractivity contribution in [3.8, 4) is 0 Å². The third-order valence-electron chi connectivity index (χ3n) is 2.00. The minimum Gasteiger partial charge on any atom is -0.398 e. The van der Waals surface area contributed by atoms with E-state index in [0.29, 0.717) is 10.7 Å². The smallest absolute Gasteiger partial charge is 0.0384 e. The van der Waals surface area contributed by atoms with Crippen LogP contribution < -0.4 is 5.73 Å². The van der Waals surface area contributed by atoms with E-state index < -0.39 is 0 Å². The van der Waals surface area contributed by atoms with Gasteiger partial charge in [-0.25, -0.2) is 0 Å². The lowest BCUT2D eigenvalue weighted by atomic mass is 10.0. The maximum absolute atomic E-state index is 5.93. The van der Waals surface area contributed by atoms with Crippen LogP contribution in [0, 0.1) is 0 Å². The molecule has 1 nitrogen and oxygen atoms in total. The Hall–Kier alpha value is -1.21. The van der Waals surface area contributed by atoms with Gasteiger partial charge in [-0.3, -0.25) is 0 Å². The van der Waals surface area contributed by atoms with E-state index in [-0.39, 0.29) is 0 Å². The largest absolute Gasteiger partial charge is 0.398 e. The minimum atomic E-state index is 0.624. The fraction of sp³-hybridized carbons (Fsp3) is 0.231. The first-order valence-electron chi connectivity index (χ1n) is 4.87. The Morgan fingerprint density at radius 3 is 2.47 bits per heavy atom. The average molecular weight is 224 g/mol. The van der Waals surface area contributed by atoms with Gasteiger partial charge in [0.2, 0.25) is 0 Å². The molecule has 0 fully saturated rings. The fourth-order valence-electron chi connectivity index (χ4n) is 1.07. The second kappa shape index (κ2) is 7.13. The van der Waals surface area contributed by atoms with Crippen LogP contribution in [0.5, 0.6) is 0 Å². The molecule has 2 N–H and O–H groups in total. The van der Waals surface area contributed by atoms with E-state index in [2.05, 4.69) is 13.2 Å². The van der Waals surface area contributed by atoms with E-state index >= 15 is 0 Å². The molecule has 0 aliphatic heterocycles. The summed E-state index contributed by atoms with van der Waals surface area (Å²) < 4.78 is 0. The van der Waals surface area contributed by atoms with Crippen LogP contribution in [0.1, 0.15) is 20.3 Å². The van der Waals surface area contributed by atoms with Gasteiger partial charge in [-0.05, 0) is 36.6 Å². The third kappa shape index (κ3) is 4.71. The highest BCUT2D eigenvalue weighted by Gasteiger charge is 2.03. The summed E-state index contributed by atoms with van der Waals surface area (Å²) in [4.78, 5) is 0. The number of halogens is 1. The van der Waals surface area contributed by atoms with Gasteiger partial charge in [0.1, 0.15) is 0 Å². The van der Waals surface area contributed by atoms with Crippen molar-refractivity contribution in [2.24, 2.45) is 5.73 Å². The molecule has 0 atom stereocenters. The molecular weight excluding hydrogens is 206 g/mol. The van der Waals surface area contributed by atoms with Crippen LogP contribution in [0.4, 0.5) is 0 Å². The second-order valence-electron chi connectivity index (χ2n) is 3.03. The van der Waals surface area contributed by atoms with Crippen molar-refractivity contribution in [1.29, 1.82) is 0 Å². The molecule has 0 amide bonds. The summed E-state index contributed by atoms with van der Waals surface area (Å²) in [6.07, 6.45) is 7.93. The Balaban J connectivity index is 5.00. The van der Waals surface area contributed by atoms with Gasteiger partial charge in [-0.15, -0.1) is 0 Å². The van der Waals surface area contributed by atoms with Gasteiger partial charge in [0.25, 0.3) is 0 Å². The lowest BCUT2D eigenvalue weighted by Gasteiger charge is -2.08. The van der Waals surface area contributed by atoms with Crippen LogP contribution in [0.15, 0.2) is 59.3 Å². The average Bonchev–Trinajstić information content (AvgIpc) is 2.24. The zero-order valence-corrected chi connectivity index (χ0v) is 10.1. The molecule has 0 aliphatic carbocycles. The maximum Gasteiger partial charge on any atom is 0.0384 e. The SMILES string of the molecule is C=C/C=C(/N)C(=C)/C(=C/C(Cl)=C\C)CC. The topological polar surface area (TPSA) is 26.0 Å². The molecule has 0 saturated heterocycles. The standard InChI is InChI=1S/C13H18ClN/c1-5-8-13(15)10(4)11(6-2)9-12(14)7-3/h5,7-9H,1,4,6,15H2,2-3H3/b11-9+,12-7+,13-8+. The van der Waals surface area contributed by atoms with Crippen LogP contribution in [-0.2, 0) is 0 Å². The summed E-state index contributed by atoms with van der Waals surface area (Å²) in [5.41, 5.74) is 8.27. The lowest BCUT2D eigenvalue weighted by Crippen LogP contribution is -2.02. The Kier molecular flexibility index (Phi) is 6.56. The van der Waals surface area contributed by atoms with Gasteiger partial charge in [0.15, 0.2) is 0 Å². The van der Waals surface area contributed by atoms with Gasteiger partial charge < -0.3 is 5.73 Å². The van der Waals surface area contributed by atoms with Crippen LogP contribution in [0.3, 0.4) is 0 Å². The molecule has 0 spiro atoms. The zero-order chi connectivity index (χ0) is 11.8. The number of allylic oxidation sites excluding steroid dienone is 6. The molecule has 0 bridgehead atoms. The van der Waals surface area contributed by atoms with Gasteiger partial charge >= 0.3 is 0 Å². The fourth-order valence-corrected chi connectivity index (χ4v) is 1.20. The number of nitrogens with two attached hydrogens (primary N) is 1. The summed E-state index contributed by atoms with van der Waals surface area (Å²) in [6.45, 7) is 11.5. The molecule has 0 aromatic rings. The van der Waals surface area contributed by atoms with Crippen LogP contribution >= 0.6 is 11.6 Å². The lowest BCUT2D eigenvalue weighted by molar-refractivity contribution is 1.10. The van der Waals surface area contributed by atoms with Crippen molar-refractivity contribution >= 4 is 11.6 Å². The van der Waals surface area contributed by atoms with Crippen LogP contribution in [-0.4, -0.2) is 0 Å².